The molecule has 1 fully saturated rings. The van der Waals surface area contributed by atoms with Gasteiger partial charge in [-0.3, -0.25) is 9.10 Å². The Morgan fingerprint density at radius 3 is 2.24 bits per heavy atom. The van der Waals surface area contributed by atoms with E-state index in [1.807, 2.05) is 18.2 Å². The van der Waals surface area contributed by atoms with Crippen molar-refractivity contribution >= 4 is 21.6 Å². The highest BCUT2D eigenvalue weighted by molar-refractivity contribution is 7.92. The van der Waals surface area contributed by atoms with Crippen LogP contribution in [-0.4, -0.2) is 46.9 Å². The fourth-order valence-electron chi connectivity index (χ4n) is 3.86. The first-order chi connectivity index (χ1) is 13.9. The van der Waals surface area contributed by atoms with E-state index in [1.165, 1.54) is 16.1 Å². The zero-order chi connectivity index (χ0) is 20.9. The van der Waals surface area contributed by atoms with Crippen molar-refractivity contribution in [2.75, 3.05) is 36.9 Å². The van der Waals surface area contributed by atoms with E-state index in [-0.39, 0.29) is 11.3 Å². The first-order valence-electron chi connectivity index (χ1n) is 9.85. The lowest BCUT2D eigenvalue weighted by molar-refractivity contribution is 0.0487. The van der Waals surface area contributed by atoms with E-state index in [0.29, 0.717) is 37.6 Å². The molecule has 1 aliphatic heterocycles. The number of nitrogens with zero attached hydrogens (tertiary/aromatic N) is 1. The molecule has 1 amide bonds. The Bertz CT molecular complexity index is 921. The van der Waals surface area contributed by atoms with Gasteiger partial charge in [0.2, 0.25) is 10.0 Å². The van der Waals surface area contributed by atoms with Gasteiger partial charge in [0.25, 0.3) is 5.91 Å². The SMILES string of the molecule is CCN(c1ccc(C(=O)NCC2(c3ccccc3)CCOCC2)cc1)S(C)(=O)=O. The number of benzene rings is 2. The fourth-order valence-corrected chi connectivity index (χ4v) is 4.83. The maximum Gasteiger partial charge on any atom is 0.251 e. The van der Waals surface area contributed by atoms with E-state index in [2.05, 4.69) is 17.4 Å². The van der Waals surface area contributed by atoms with Crippen molar-refractivity contribution in [1.29, 1.82) is 0 Å². The summed E-state index contributed by atoms with van der Waals surface area (Å²) in [5.41, 5.74) is 2.14. The predicted octanol–water partition coefficient (Wildman–Crippen LogP) is 2.95. The van der Waals surface area contributed by atoms with Crippen LogP contribution in [-0.2, 0) is 20.2 Å². The molecule has 0 bridgehead atoms. The van der Waals surface area contributed by atoms with Crippen molar-refractivity contribution in [3.8, 4) is 0 Å². The summed E-state index contributed by atoms with van der Waals surface area (Å²) in [6.45, 7) is 4.01. The Morgan fingerprint density at radius 1 is 1.07 bits per heavy atom. The molecule has 2 aromatic rings. The molecule has 0 spiro atoms. The molecule has 0 atom stereocenters. The molecule has 29 heavy (non-hydrogen) atoms. The minimum atomic E-state index is -3.34. The maximum atomic E-state index is 12.7. The number of sulfonamides is 1. The Morgan fingerprint density at radius 2 is 1.69 bits per heavy atom. The van der Waals surface area contributed by atoms with Crippen molar-refractivity contribution in [3.05, 3.63) is 65.7 Å². The van der Waals surface area contributed by atoms with Gasteiger partial charge in [0.1, 0.15) is 0 Å². The number of hydrogen-bond acceptors (Lipinski definition) is 4. The number of anilines is 1. The van der Waals surface area contributed by atoms with Gasteiger partial charge in [0.05, 0.1) is 11.9 Å². The summed E-state index contributed by atoms with van der Waals surface area (Å²) in [6.07, 6.45) is 2.89. The second kappa shape index (κ2) is 8.97. The van der Waals surface area contributed by atoms with Crippen molar-refractivity contribution in [2.24, 2.45) is 0 Å². The van der Waals surface area contributed by atoms with E-state index in [9.17, 15) is 13.2 Å². The van der Waals surface area contributed by atoms with Crippen LogP contribution in [0, 0.1) is 0 Å². The number of carbonyl (C=O) groups excluding carboxylic acids is 1. The third-order valence-corrected chi connectivity index (χ3v) is 6.80. The van der Waals surface area contributed by atoms with Crippen LogP contribution in [0.25, 0.3) is 0 Å². The van der Waals surface area contributed by atoms with Crippen LogP contribution < -0.4 is 9.62 Å². The summed E-state index contributed by atoms with van der Waals surface area (Å²) in [4.78, 5) is 12.7. The van der Waals surface area contributed by atoms with Crippen LogP contribution >= 0.6 is 0 Å². The van der Waals surface area contributed by atoms with Crippen LogP contribution in [0.5, 0.6) is 0 Å². The smallest absolute Gasteiger partial charge is 0.251 e. The molecular formula is C22H28N2O4S. The van der Waals surface area contributed by atoms with Gasteiger partial charge in [-0.05, 0) is 49.6 Å². The Kier molecular flexibility index (Phi) is 6.59. The average Bonchev–Trinajstić information content (AvgIpc) is 2.73. The van der Waals surface area contributed by atoms with Gasteiger partial charge >= 0.3 is 0 Å². The van der Waals surface area contributed by atoms with Crippen LogP contribution in [0.2, 0.25) is 0 Å². The summed E-state index contributed by atoms with van der Waals surface area (Å²) in [7, 11) is -3.34. The van der Waals surface area contributed by atoms with E-state index in [1.54, 1.807) is 31.2 Å². The van der Waals surface area contributed by atoms with Crippen LogP contribution in [0.1, 0.15) is 35.7 Å². The number of hydrogen-bond donors (Lipinski definition) is 1. The van der Waals surface area contributed by atoms with Crippen molar-refractivity contribution in [3.63, 3.8) is 0 Å². The highest BCUT2D eigenvalue weighted by atomic mass is 32.2. The largest absolute Gasteiger partial charge is 0.381 e. The topological polar surface area (TPSA) is 75.7 Å². The lowest BCUT2D eigenvalue weighted by atomic mass is 9.74. The minimum absolute atomic E-state index is 0.135. The summed E-state index contributed by atoms with van der Waals surface area (Å²) in [5, 5.41) is 3.07. The molecule has 0 aromatic heterocycles. The molecule has 0 unspecified atom stereocenters. The second-order valence-electron chi connectivity index (χ2n) is 7.42. The van der Waals surface area contributed by atoms with Gasteiger partial charge < -0.3 is 10.1 Å². The number of amides is 1. The second-order valence-corrected chi connectivity index (χ2v) is 9.32. The summed E-state index contributed by atoms with van der Waals surface area (Å²) >= 11 is 0. The van der Waals surface area contributed by atoms with E-state index < -0.39 is 10.0 Å². The number of rotatable bonds is 7. The third-order valence-electron chi connectivity index (χ3n) is 5.53. The van der Waals surface area contributed by atoms with Gasteiger partial charge in [-0.15, -0.1) is 0 Å². The van der Waals surface area contributed by atoms with Crippen LogP contribution in [0.4, 0.5) is 5.69 Å². The van der Waals surface area contributed by atoms with Gasteiger partial charge in [-0.25, -0.2) is 8.42 Å². The molecular weight excluding hydrogens is 388 g/mol. The number of nitrogens with one attached hydrogen (secondary N) is 1. The minimum Gasteiger partial charge on any atom is -0.381 e. The molecule has 0 aliphatic carbocycles. The molecule has 1 heterocycles. The molecule has 1 N–H and O–H groups in total. The lowest BCUT2D eigenvalue weighted by Crippen LogP contribution is -2.44. The van der Waals surface area contributed by atoms with E-state index in [4.69, 9.17) is 4.74 Å². The molecule has 0 saturated carbocycles. The lowest BCUT2D eigenvalue weighted by Gasteiger charge is -2.38. The highest BCUT2D eigenvalue weighted by Crippen LogP contribution is 2.34. The monoisotopic (exact) mass is 416 g/mol. The molecule has 0 radical (unpaired) electrons. The van der Waals surface area contributed by atoms with Crippen molar-refractivity contribution < 1.29 is 17.9 Å². The van der Waals surface area contributed by atoms with Crippen LogP contribution in [0.3, 0.4) is 0 Å². The zero-order valence-electron chi connectivity index (χ0n) is 16.9. The average molecular weight is 417 g/mol. The third kappa shape index (κ3) is 4.97. The quantitative estimate of drug-likeness (QED) is 0.753. The number of carbonyl (C=O) groups is 1. The van der Waals surface area contributed by atoms with Crippen LogP contribution in [0.15, 0.2) is 54.6 Å². The van der Waals surface area contributed by atoms with Gasteiger partial charge in [0, 0.05) is 37.3 Å². The molecule has 6 nitrogen and oxygen atoms in total. The molecule has 1 aliphatic rings. The number of ether oxygens (including phenoxy) is 1. The molecule has 3 rings (SSSR count). The Labute approximate surface area is 172 Å². The molecule has 1 saturated heterocycles. The summed E-state index contributed by atoms with van der Waals surface area (Å²) < 4.78 is 30.6. The van der Waals surface area contributed by atoms with Gasteiger partial charge in [-0.2, -0.15) is 0 Å². The summed E-state index contributed by atoms with van der Waals surface area (Å²) in [5.74, 6) is -0.166. The highest BCUT2D eigenvalue weighted by Gasteiger charge is 2.34. The zero-order valence-corrected chi connectivity index (χ0v) is 17.7. The van der Waals surface area contributed by atoms with E-state index >= 15 is 0 Å². The first-order valence-corrected chi connectivity index (χ1v) is 11.7. The maximum absolute atomic E-state index is 12.7. The Hall–Kier alpha value is -2.38. The standard InChI is InChI=1S/C22H28N2O4S/c1-3-24(29(2,26)27)20-11-9-18(10-12-20)21(25)23-17-22(13-15-28-16-14-22)19-7-5-4-6-8-19/h4-12H,3,13-17H2,1-2H3,(H,23,25). The van der Waals surface area contributed by atoms with Crippen molar-refractivity contribution in [1.82, 2.24) is 5.32 Å². The molecule has 156 valence electrons. The van der Waals surface area contributed by atoms with Gasteiger partial charge in [0.15, 0.2) is 0 Å². The molecule has 7 heteroatoms. The molecule has 2 aromatic carbocycles. The van der Waals surface area contributed by atoms with Crippen molar-refractivity contribution in [2.45, 2.75) is 25.2 Å². The predicted molar refractivity (Wildman–Crippen MR) is 115 cm³/mol. The summed E-state index contributed by atoms with van der Waals surface area (Å²) in [6, 6.07) is 16.9. The van der Waals surface area contributed by atoms with Gasteiger partial charge in [-0.1, -0.05) is 30.3 Å². The Balaban J connectivity index is 1.72. The fraction of sp³-hybridized carbons (Fsp3) is 0.409. The first kappa shape index (κ1) is 21.3. The van der Waals surface area contributed by atoms with E-state index in [0.717, 1.165) is 12.8 Å². The normalized spacial score (nSPS) is 16.2.